The molecule has 0 spiro atoms. The standard InChI is InChI=1S/C21H28N4O/c1-14(25-17(4)15(2)16(3)23-25)12-22-21(26)11-10-18-13-24(5)20-9-7-6-8-19(18)20/h6-9,13-14H,10-12H2,1-5H3,(H,22,26)/t14-/m0/s1. The van der Waals surface area contributed by atoms with Gasteiger partial charge in [0.05, 0.1) is 11.7 Å². The molecule has 0 bridgehead atoms. The Kier molecular flexibility index (Phi) is 5.16. The molecular formula is C21H28N4O. The zero-order valence-electron chi connectivity index (χ0n) is 16.3. The fourth-order valence-corrected chi connectivity index (χ4v) is 3.48. The lowest BCUT2D eigenvalue weighted by Gasteiger charge is -2.15. The van der Waals surface area contributed by atoms with Crippen LogP contribution in [0.3, 0.4) is 0 Å². The summed E-state index contributed by atoms with van der Waals surface area (Å²) in [5.41, 5.74) is 5.87. The maximum Gasteiger partial charge on any atom is 0.220 e. The monoisotopic (exact) mass is 352 g/mol. The van der Waals surface area contributed by atoms with Crippen LogP contribution in [0.4, 0.5) is 0 Å². The first-order valence-corrected chi connectivity index (χ1v) is 9.20. The van der Waals surface area contributed by atoms with Gasteiger partial charge in [0.15, 0.2) is 0 Å². The molecule has 1 amide bonds. The Balaban J connectivity index is 1.56. The van der Waals surface area contributed by atoms with Crippen molar-refractivity contribution >= 4 is 16.8 Å². The normalized spacial score (nSPS) is 12.5. The Hall–Kier alpha value is -2.56. The number of aryl methyl sites for hydroxylation is 3. The van der Waals surface area contributed by atoms with Gasteiger partial charge in [0.25, 0.3) is 0 Å². The number of carbonyl (C=O) groups is 1. The highest BCUT2D eigenvalue weighted by Gasteiger charge is 2.14. The number of aromatic nitrogens is 3. The molecule has 138 valence electrons. The smallest absolute Gasteiger partial charge is 0.220 e. The van der Waals surface area contributed by atoms with Crippen molar-refractivity contribution in [3.05, 3.63) is 53.0 Å². The summed E-state index contributed by atoms with van der Waals surface area (Å²) in [4.78, 5) is 12.3. The molecule has 2 aromatic heterocycles. The van der Waals surface area contributed by atoms with Crippen molar-refractivity contribution in [3.8, 4) is 0 Å². The summed E-state index contributed by atoms with van der Waals surface area (Å²) in [5, 5.41) is 8.87. The van der Waals surface area contributed by atoms with Crippen LogP contribution in [-0.2, 0) is 18.3 Å². The summed E-state index contributed by atoms with van der Waals surface area (Å²) in [6.45, 7) is 8.87. The largest absolute Gasteiger partial charge is 0.354 e. The van der Waals surface area contributed by atoms with E-state index in [9.17, 15) is 4.79 Å². The summed E-state index contributed by atoms with van der Waals surface area (Å²) >= 11 is 0. The van der Waals surface area contributed by atoms with Gasteiger partial charge in [-0.3, -0.25) is 9.48 Å². The average Bonchev–Trinajstić information content (AvgIpc) is 3.09. The Morgan fingerprint density at radius 3 is 2.65 bits per heavy atom. The van der Waals surface area contributed by atoms with Crippen LogP contribution in [-0.4, -0.2) is 26.8 Å². The molecule has 0 fully saturated rings. The predicted molar refractivity (Wildman–Crippen MR) is 105 cm³/mol. The van der Waals surface area contributed by atoms with Crippen molar-refractivity contribution < 1.29 is 4.79 Å². The number of amides is 1. The van der Waals surface area contributed by atoms with Crippen molar-refractivity contribution in [1.29, 1.82) is 0 Å². The summed E-state index contributed by atoms with van der Waals surface area (Å²) in [6.07, 6.45) is 3.37. The van der Waals surface area contributed by atoms with Crippen molar-refractivity contribution in [2.45, 2.75) is 46.6 Å². The third-order valence-corrected chi connectivity index (χ3v) is 5.30. The molecule has 3 rings (SSSR count). The summed E-state index contributed by atoms with van der Waals surface area (Å²) in [5.74, 6) is 0.0861. The van der Waals surface area contributed by atoms with E-state index in [1.54, 1.807) is 0 Å². The van der Waals surface area contributed by atoms with Gasteiger partial charge < -0.3 is 9.88 Å². The lowest BCUT2D eigenvalue weighted by atomic mass is 10.1. The third kappa shape index (κ3) is 3.52. The number of benzene rings is 1. The number of hydrogen-bond donors (Lipinski definition) is 1. The van der Waals surface area contributed by atoms with Crippen LogP contribution >= 0.6 is 0 Å². The Morgan fingerprint density at radius 1 is 1.23 bits per heavy atom. The highest BCUT2D eigenvalue weighted by atomic mass is 16.1. The van der Waals surface area contributed by atoms with E-state index in [1.807, 2.05) is 30.8 Å². The molecule has 0 aliphatic rings. The Bertz CT molecular complexity index is 935. The van der Waals surface area contributed by atoms with E-state index in [2.05, 4.69) is 54.1 Å². The molecule has 1 N–H and O–H groups in total. The van der Waals surface area contributed by atoms with E-state index >= 15 is 0 Å². The number of fused-ring (bicyclic) bond motifs is 1. The number of nitrogens with zero attached hydrogens (tertiary/aromatic N) is 3. The fourth-order valence-electron chi connectivity index (χ4n) is 3.48. The quantitative estimate of drug-likeness (QED) is 0.737. The molecule has 1 atom stereocenters. The van der Waals surface area contributed by atoms with Crippen LogP contribution in [0, 0.1) is 20.8 Å². The number of hydrogen-bond acceptors (Lipinski definition) is 2. The highest BCUT2D eigenvalue weighted by Crippen LogP contribution is 2.21. The van der Waals surface area contributed by atoms with Crippen molar-refractivity contribution in [2.24, 2.45) is 7.05 Å². The van der Waals surface area contributed by atoms with E-state index in [4.69, 9.17) is 0 Å². The second-order valence-corrected chi connectivity index (χ2v) is 7.18. The fraction of sp³-hybridized carbons (Fsp3) is 0.429. The van der Waals surface area contributed by atoms with Gasteiger partial charge in [0.2, 0.25) is 5.91 Å². The van der Waals surface area contributed by atoms with Gasteiger partial charge in [-0.05, 0) is 51.3 Å². The molecule has 5 heteroatoms. The Morgan fingerprint density at radius 2 is 1.96 bits per heavy atom. The van der Waals surface area contributed by atoms with Crippen LogP contribution in [0.2, 0.25) is 0 Å². The molecule has 0 unspecified atom stereocenters. The third-order valence-electron chi connectivity index (χ3n) is 5.30. The molecule has 0 aliphatic heterocycles. The molecule has 2 heterocycles. The first-order valence-electron chi connectivity index (χ1n) is 9.20. The first-order chi connectivity index (χ1) is 12.4. The van der Waals surface area contributed by atoms with E-state index in [-0.39, 0.29) is 11.9 Å². The molecule has 0 aliphatic carbocycles. The number of carbonyl (C=O) groups excluding carboxylic acids is 1. The zero-order valence-corrected chi connectivity index (χ0v) is 16.3. The van der Waals surface area contributed by atoms with E-state index in [1.165, 1.54) is 27.7 Å². The van der Waals surface area contributed by atoms with Crippen molar-refractivity contribution in [1.82, 2.24) is 19.7 Å². The van der Waals surface area contributed by atoms with Crippen molar-refractivity contribution in [2.75, 3.05) is 6.54 Å². The molecular weight excluding hydrogens is 324 g/mol. The molecule has 0 saturated heterocycles. The first kappa shape index (κ1) is 18.2. The van der Waals surface area contributed by atoms with Gasteiger partial charge in [-0.2, -0.15) is 5.10 Å². The molecule has 26 heavy (non-hydrogen) atoms. The molecule has 0 saturated carbocycles. The number of rotatable bonds is 6. The molecule has 0 radical (unpaired) electrons. The number of para-hydroxylation sites is 1. The predicted octanol–water partition coefficient (Wildman–Crippen LogP) is 3.61. The highest BCUT2D eigenvalue weighted by molar-refractivity contribution is 5.84. The SMILES string of the molecule is Cc1nn([C@@H](C)CNC(=O)CCc2cn(C)c3ccccc23)c(C)c1C. The minimum Gasteiger partial charge on any atom is -0.354 e. The second-order valence-electron chi connectivity index (χ2n) is 7.18. The number of nitrogens with one attached hydrogen (secondary N) is 1. The van der Waals surface area contributed by atoms with E-state index in [0.717, 1.165) is 12.1 Å². The van der Waals surface area contributed by atoms with Gasteiger partial charge in [-0.1, -0.05) is 18.2 Å². The minimum atomic E-state index is 0.0861. The van der Waals surface area contributed by atoms with Gasteiger partial charge >= 0.3 is 0 Å². The van der Waals surface area contributed by atoms with Gasteiger partial charge in [0.1, 0.15) is 0 Å². The summed E-state index contributed by atoms with van der Waals surface area (Å²) in [7, 11) is 2.05. The second kappa shape index (κ2) is 7.36. The van der Waals surface area contributed by atoms with Crippen LogP contribution in [0.25, 0.3) is 10.9 Å². The van der Waals surface area contributed by atoms with E-state index < -0.39 is 0 Å². The molecule has 1 aromatic carbocycles. The van der Waals surface area contributed by atoms with Crippen LogP contribution in [0.15, 0.2) is 30.5 Å². The van der Waals surface area contributed by atoms with Crippen molar-refractivity contribution in [3.63, 3.8) is 0 Å². The lowest BCUT2D eigenvalue weighted by Crippen LogP contribution is -2.30. The zero-order chi connectivity index (χ0) is 18.8. The maximum absolute atomic E-state index is 12.3. The topological polar surface area (TPSA) is 51.9 Å². The van der Waals surface area contributed by atoms with Gasteiger partial charge in [0, 0.05) is 42.8 Å². The Labute approximate surface area is 155 Å². The molecule has 5 nitrogen and oxygen atoms in total. The van der Waals surface area contributed by atoms with E-state index in [0.29, 0.717) is 13.0 Å². The summed E-state index contributed by atoms with van der Waals surface area (Å²) in [6, 6.07) is 8.46. The van der Waals surface area contributed by atoms with Gasteiger partial charge in [-0.25, -0.2) is 0 Å². The maximum atomic E-state index is 12.3. The molecule has 3 aromatic rings. The minimum absolute atomic E-state index is 0.0861. The van der Waals surface area contributed by atoms with Crippen LogP contribution < -0.4 is 5.32 Å². The summed E-state index contributed by atoms with van der Waals surface area (Å²) < 4.78 is 4.13. The lowest BCUT2D eigenvalue weighted by molar-refractivity contribution is -0.121. The van der Waals surface area contributed by atoms with Gasteiger partial charge in [-0.15, -0.1) is 0 Å². The van der Waals surface area contributed by atoms with Crippen LogP contribution in [0.5, 0.6) is 0 Å². The average molecular weight is 352 g/mol. The van der Waals surface area contributed by atoms with Crippen LogP contribution in [0.1, 0.15) is 41.9 Å².